The van der Waals surface area contributed by atoms with Gasteiger partial charge in [-0.05, 0) is 48.9 Å². The lowest BCUT2D eigenvalue weighted by Crippen LogP contribution is -2.37. The maximum Gasteiger partial charge on any atom is 0.233 e. The molecule has 6 heteroatoms. The van der Waals surface area contributed by atoms with Crippen LogP contribution in [0.4, 0.5) is 11.4 Å². The van der Waals surface area contributed by atoms with E-state index in [1.807, 2.05) is 46.8 Å². The number of hydrogen-bond donors (Lipinski definition) is 1. The molecule has 25 heavy (non-hydrogen) atoms. The van der Waals surface area contributed by atoms with Gasteiger partial charge in [-0.25, -0.2) is 4.98 Å². The van der Waals surface area contributed by atoms with Crippen LogP contribution in [0.1, 0.15) is 23.4 Å². The third-order valence-corrected chi connectivity index (χ3v) is 5.25. The first-order valence-corrected chi connectivity index (χ1v) is 9.24. The second-order valence-electron chi connectivity index (χ2n) is 6.20. The van der Waals surface area contributed by atoms with E-state index in [9.17, 15) is 4.79 Å². The van der Waals surface area contributed by atoms with E-state index in [-0.39, 0.29) is 12.3 Å². The Labute approximate surface area is 150 Å². The van der Waals surface area contributed by atoms with Crippen LogP contribution < -0.4 is 10.6 Å². The van der Waals surface area contributed by atoms with Crippen LogP contribution in [0.15, 0.2) is 39.4 Å². The molecule has 0 unspecified atom stereocenters. The van der Waals surface area contributed by atoms with Gasteiger partial charge in [-0.1, -0.05) is 6.07 Å². The zero-order valence-corrected chi connectivity index (χ0v) is 14.8. The van der Waals surface area contributed by atoms with Gasteiger partial charge >= 0.3 is 0 Å². The Morgan fingerprint density at radius 3 is 3.08 bits per heavy atom. The van der Waals surface area contributed by atoms with Gasteiger partial charge in [-0.3, -0.25) is 4.79 Å². The highest BCUT2D eigenvalue weighted by Gasteiger charge is 2.25. The number of fused-ring (bicyclic) bond motifs is 1. The number of hydrogen-bond acceptors (Lipinski definition) is 5. The van der Waals surface area contributed by atoms with E-state index in [1.54, 1.807) is 11.3 Å². The summed E-state index contributed by atoms with van der Waals surface area (Å²) in [5.74, 6) is 1.30. The van der Waals surface area contributed by atoms with E-state index in [0.29, 0.717) is 23.9 Å². The van der Waals surface area contributed by atoms with E-state index in [2.05, 4.69) is 4.98 Å². The first-order valence-electron chi connectivity index (χ1n) is 8.30. The van der Waals surface area contributed by atoms with E-state index in [4.69, 9.17) is 10.2 Å². The fourth-order valence-electron chi connectivity index (χ4n) is 3.25. The van der Waals surface area contributed by atoms with Gasteiger partial charge < -0.3 is 15.1 Å². The van der Waals surface area contributed by atoms with Crippen molar-refractivity contribution in [1.82, 2.24) is 4.98 Å². The van der Waals surface area contributed by atoms with Gasteiger partial charge in [0.15, 0.2) is 0 Å². The molecule has 0 saturated heterocycles. The average molecular weight is 353 g/mol. The molecule has 1 aliphatic rings. The summed E-state index contributed by atoms with van der Waals surface area (Å²) in [4.78, 5) is 19.3. The Balaban J connectivity index is 1.59. The van der Waals surface area contributed by atoms with Gasteiger partial charge in [0.1, 0.15) is 5.76 Å². The molecule has 0 radical (unpaired) electrons. The minimum atomic E-state index is 0.0276. The summed E-state index contributed by atoms with van der Waals surface area (Å²) in [6, 6.07) is 7.72. The Morgan fingerprint density at radius 2 is 2.28 bits per heavy atom. The Hall–Kier alpha value is -2.60. The highest BCUT2D eigenvalue weighted by atomic mass is 32.1. The monoisotopic (exact) mass is 353 g/mol. The SMILES string of the molecule is Cc1oc(-c2ccsc2)nc1CC(=O)N1CCCc2c(N)cccc21. The predicted molar refractivity (Wildman–Crippen MR) is 99.8 cm³/mol. The molecular weight excluding hydrogens is 334 g/mol. The predicted octanol–water partition coefficient (Wildman–Crippen LogP) is 3.82. The summed E-state index contributed by atoms with van der Waals surface area (Å²) in [5, 5.41) is 3.97. The van der Waals surface area contributed by atoms with Crippen LogP contribution in [-0.2, 0) is 17.6 Å². The molecule has 1 amide bonds. The van der Waals surface area contributed by atoms with E-state index >= 15 is 0 Å². The van der Waals surface area contributed by atoms with Crippen LogP contribution in [0, 0.1) is 6.92 Å². The van der Waals surface area contributed by atoms with Crippen molar-refractivity contribution < 1.29 is 9.21 Å². The number of anilines is 2. The molecule has 0 fully saturated rings. The normalized spacial score (nSPS) is 13.7. The molecule has 1 aromatic carbocycles. The van der Waals surface area contributed by atoms with Gasteiger partial charge in [-0.15, -0.1) is 0 Å². The molecule has 2 aromatic heterocycles. The Bertz CT molecular complexity index is 915. The molecule has 0 saturated carbocycles. The van der Waals surface area contributed by atoms with Crippen molar-refractivity contribution in [2.45, 2.75) is 26.2 Å². The van der Waals surface area contributed by atoms with Gasteiger partial charge in [0.2, 0.25) is 11.8 Å². The third-order valence-electron chi connectivity index (χ3n) is 4.57. The minimum Gasteiger partial charge on any atom is -0.441 e. The summed E-state index contributed by atoms with van der Waals surface area (Å²) in [5.41, 5.74) is 10.5. The van der Waals surface area contributed by atoms with Crippen LogP contribution in [0.5, 0.6) is 0 Å². The van der Waals surface area contributed by atoms with Crippen molar-refractivity contribution in [3.05, 3.63) is 52.0 Å². The second kappa shape index (κ2) is 6.37. The summed E-state index contributed by atoms with van der Waals surface area (Å²) in [7, 11) is 0. The van der Waals surface area contributed by atoms with Crippen LogP contribution in [0.3, 0.4) is 0 Å². The molecule has 3 aromatic rings. The number of nitrogens with zero attached hydrogens (tertiary/aromatic N) is 2. The number of nitrogens with two attached hydrogens (primary N) is 1. The van der Waals surface area contributed by atoms with Crippen molar-refractivity contribution in [1.29, 1.82) is 0 Å². The standard InChI is InChI=1S/C19H19N3O2S/c1-12-16(21-19(24-12)13-7-9-25-11-13)10-18(23)22-8-3-4-14-15(20)5-2-6-17(14)22/h2,5-7,9,11H,3-4,8,10,20H2,1H3. The Kier molecular flexibility index (Phi) is 4.05. The topological polar surface area (TPSA) is 72.4 Å². The number of benzene rings is 1. The first-order chi connectivity index (χ1) is 12.1. The lowest BCUT2D eigenvalue weighted by Gasteiger charge is -2.30. The molecule has 3 heterocycles. The Morgan fingerprint density at radius 1 is 1.40 bits per heavy atom. The van der Waals surface area contributed by atoms with Crippen LogP contribution in [-0.4, -0.2) is 17.4 Å². The lowest BCUT2D eigenvalue weighted by molar-refractivity contribution is -0.118. The lowest BCUT2D eigenvalue weighted by atomic mass is 9.99. The highest BCUT2D eigenvalue weighted by Crippen LogP contribution is 2.32. The van der Waals surface area contributed by atoms with E-state index in [1.165, 1.54) is 0 Å². The number of rotatable bonds is 3. The van der Waals surface area contributed by atoms with Crippen LogP contribution in [0.25, 0.3) is 11.5 Å². The minimum absolute atomic E-state index is 0.0276. The smallest absolute Gasteiger partial charge is 0.233 e. The highest BCUT2D eigenvalue weighted by molar-refractivity contribution is 7.08. The molecule has 4 rings (SSSR count). The number of oxazole rings is 1. The molecule has 2 N–H and O–H groups in total. The van der Waals surface area contributed by atoms with Crippen molar-refractivity contribution in [2.75, 3.05) is 17.2 Å². The molecular formula is C19H19N3O2S. The maximum absolute atomic E-state index is 12.9. The number of thiophene rings is 1. The summed E-state index contributed by atoms with van der Waals surface area (Å²) in [6.45, 7) is 2.57. The van der Waals surface area contributed by atoms with Crippen molar-refractivity contribution in [3.63, 3.8) is 0 Å². The zero-order valence-electron chi connectivity index (χ0n) is 14.0. The zero-order chi connectivity index (χ0) is 17.4. The number of carbonyl (C=O) groups excluding carboxylic acids is 1. The maximum atomic E-state index is 12.9. The van der Waals surface area contributed by atoms with Crippen LogP contribution in [0.2, 0.25) is 0 Å². The van der Waals surface area contributed by atoms with Gasteiger partial charge in [0, 0.05) is 28.9 Å². The molecule has 0 atom stereocenters. The molecule has 0 aliphatic carbocycles. The third kappa shape index (κ3) is 2.93. The molecule has 128 valence electrons. The summed E-state index contributed by atoms with van der Waals surface area (Å²) < 4.78 is 5.74. The average Bonchev–Trinajstić information content (AvgIpc) is 3.25. The van der Waals surface area contributed by atoms with Gasteiger partial charge in [0.05, 0.1) is 12.1 Å². The second-order valence-corrected chi connectivity index (χ2v) is 6.98. The fourth-order valence-corrected chi connectivity index (χ4v) is 3.88. The van der Waals surface area contributed by atoms with E-state index < -0.39 is 0 Å². The number of nitrogen functional groups attached to an aromatic ring is 1. The number of aromatic nitrogens is 1. The first kappa shape index (κ1) is 15.9. The quantitative estimate of drug-likeness (QED) is 0.727. The molecule has 1 aliphatic heterocycles. The van der Waals surface area contributed by atoms with Crippen molar-refractivity contribution in [3.8, 4) is 11.5 Å². The van der Waals surface area contributed by atoms with Gasteiger partial charge in [-0.2, -0.15) is 11.3 Å². The summed E-state index contributed by atoms with van der Waals surface area (Å²) in [6.07, 6.45) is 2.07. The van der Waals surface area contributed by atoms with Gasteiger partial charge in [0.25, 0.3) is 0 Å². The van der Waals surface area contributed by atoms with Crippen molar-refractivity contribution >= 4 is 28.6 Å². The largest absolute Gasteiger partial charge is 0.441 e. The van der Waals surface area contributed by atoms with Crippen LogP contribution >= 0.6 is 11.3 Å². The number of amides is 1. The molecule has 0 bridgehead atoms. The van der Waals surface area contributed by atoms with Crippen molar-refractivity contribution in [2.24, 2.45) is 0 Å². The molecule has 5 nitrogen and oxygen atoms in total. The number of aryl methyl sites for hydroxylation is 1. The van der Waals surface area contributed by atoms with E-state index in [0.717, 1.165) is 35.3 Å². The summed E-state index contributed by atoms with van der Waals surface area (Å²) >= 11 is 1.59. The number of carbonyl (C=O) groups is 1. The molecule has 0 spiro atoms. The fraction of sp³-hybridized carbons (Fsp3) is 0.263.